The van der Waals surface area contributed by atoms with Gasteiger partial charge in [-0.05, 0) is 29.6 Å². The molecule has 104 valence electrons. The van der Waals surface area contributed by atoms with E-state index in [-0.39, 0.29) is 0 Å². The molecule has 0 fully saturated rings. The molecule has 0 amide bonds. The second-order valence-corrected chi connectivity index (χ2v) is 6.52. The molecule has 2 atom stereocenters. The minimum atomic E-state index is 0.370. The van der Waals surface area contributed by atoms with Gasteiger partial charge in [-0.2, -0.15) is 0 Å². The number of hydrogen-bond donors (Lipinski definition) is 0. The van der Waals surface area contributed by atoms with E-state index in [1.54, 1.807) is 0 Å². The van der Waals surface area contributed by atoms with Gasteiger partial charge in [0.1, 0.15) is 0 Å². The van der Waals surface area contributed by atoms with E-state index in [0.29, 0.717) is 17.3 Å². The normalized spacial score (nSPS) is 15.9. The molecule has 0 aliphatic heterocycles. The summed E-state index contributed by atoms with van der Waals surface area (Å²) in [7, 11) is 0. The van der Waals surface area contributed by atoms with Gasteiger partial charge >= 0.3 is 0 Å². The molecule has 0 saturated heterocycles. The molecule has 0 aliphatic rings. The Balaban J connectivity index is 4.88. The largest absolute Gasteiger partial charge is 0.0991 e. The topological polar surface area (TPSA) is 0 Å². The van der Waals surface area contributed by atoms with Crippen molar-refractivity contribution in [1.82, 2.24) is 0 Å². The molecule has 0 heterocycles. The molecule has 0 aromatic carbocycles. The molecular weight excluding hydrogens is 216 g/mol. The van der Waals surface area contributed by atoms with Crippen LogP contribution in [0.1, 0.15) is 54.4 Å². The van der Waals surface area contributed by atoms with Crippen LogP contribution in [0.2, 0.25) is 0 Å². The average molecular weight is 248 g/mol. The third kappa shape index (κ3) is 5.25. The van der Waals surface area contributed by atoms with Crippen LogP contribution in [-0.4, -0.2) is 0 Å². The fourth-order valence-electron chi connectivity index (χ4n) is 2.43. The first-order valence-corrected chi connectivity index (χ1v) is 7.24. The van der Waals surface area contributed by atoms with Crippen LogP contribution in [0.4, 0.5) is 0 Å². The highest BCUT2D eigenvalue weighted by Crippen LogP contribution is 2.40. The summed E-state index contributed by atoms with van der Waals surface area (Å²) < 4.78 is 0. The Labute approximate surface area is 115 Å². The molecule has 0 nitrogen and oxygen atoms in total. The van der Waals surface area contributed by atoms with E-state index in [9.17, 15) is 0 Å². The van der Waals surface area contributed by atoms with Crippen LogP contribution in [0.5, 0.6) is 0 Å². The van der Waals surface area contributed by atoms with Crippen LogP contribution in [0.15, 0.2) is 37.0 Å². The molecule has 18 heavy (non-hydrogen) atoms. The van der Waals surface area contributed by atoms with Gasteiger partial charge in [0.15, 0.2) is 0 Å². The Bertz CT molecular complexity index is 291. The Kier molecular flexibility index (Phi) is 7.28. The molecule has 0 spiro atoms. The summed E-state index contributed by atoms with van der Waals surface area (Å²) >= 11 is 0. The van der Waals surface area contributed by atoms with Crippen LogP contribution in [0.25, 0.3) is 0 Å². The maximum absolute atomic E-state index is 4.25. The first-order valence-electron chi connectivity index (χ1n) is 7.24. The van der Waals surface area contributed by atoms with Gasteiger partial charge in [-0.1, -0.05) is 84.9 Å². The lowest BCUT2D eigenvalue weighted by molar-refractivity contribution is 0.164. The fraction of sp³-hybridized carbons (Fsp3) is 0.667. The van der Waals surface area contributed by atoms with Crippen molar-refractivity contribution in [3.05, 3.63) is 37.0 Å². The smallest absolute Gasteiger partial charge is 0.0140 e. The van der Waals surface area contributed by atoms with E-state index >= 15 is 0 Å². The van der Waals surface area contributed by atoms with E-state index in [1.807, 2.05) is 12.2 Å². The van der Waals surface area contributed by atoms with E-state index in [4.69, 9.17) is 0 Å². The molecule has 0 aromatic rings. The second-order valence-electron chi connectivity index (χ2n) is 6.52. The zero-order valence-electron chi connectivity index (χ0n) is 13.3. The summed E-state index contributed by atoms with van der Waals surface area (Å²) in [4.78, 5) is 0. The van der Waals surface area contributed by atoms with E-state index in [1.165, 1.54) is 18.4 Å². The highest BCUT2D eigenvalue weighted by Gasteiger charge is 2.30. The monoisotopic (exact) mass is 248 g/mol. The van der Waals surface area contributed by atoms with Gasteiger partial charge in [-0.15, -0.1) is 0 Å². The zero-order chi connectivity index (χ0) is 14.3. The molecule has 0 heteroatoms. The predicted molar refractivity (Wildman–Crippen MR) is 84.7 cm³/mol. The zero-order valence-corrected chi connectivity index (χ0v) is 13.3. The molecule has 2 unspecified atom stereocenters. The van der Waals surface area contributed by atoms with E-state index in [0.717, 1.165) is 5.92 Å². The summed E-state index contributed by atoms with van der Waals surface area (Å²) in [5.74, 6) is 1.94. The van der Waals surface area contributed by atoms with Gasteiger partial charge in [0.2, 0.25) is 0 Å². The minimum absolute atomic E-state index is 0.370. The molecule has 0 N–H and O–H groups in total. The van der Waals surface area contributed by atoms with E-state index < -0.39 is 0 Å². The molecule has 0 radical (unpaired) electrons. The van der Waals surface area contributed by atoms with Gasteiger partial charge in [0.05, 0.1) is 0 Å². The van der Waals surface area contributed by atoms with Crippen molar-refractivity contribution in [2.45, 2.75) is 54.4 Å². The lowest BCUT2D eigenvalue weighted by atomic mass is 9.69. The van der Waals surface area contributed by atoms with Crippen molar-refractivity contribution in [3.8, 4) is 0 Å². The van der Waals surface area contributed by atoms with Crippen LogP contribution < -0.4 is 0 Å². The number of hydrogen-bond acceptors (Lipinski definition) is 0. The Morgan fingerprint density at radius 2 is 1.78 bits per heavy atom. The standard InChI is InChI=1S/C18H32/c1-9-11-12-15(5)17(14(3)4)13-18(7,8)16(6)10-2/h9,11-12,14,16-17H,1,5,10,13H2,2-4,6-8H3/b12-11-. The van der Waals surface area contributed by atoms with Gasteiger partial charge in [-0.3, -0.25) is 0 Å². The lowest BCUT2D eigenvalue weighted by Crippen LogP contribution is -2.27. The van der Waals surface area contributed by atoms with Crippen molar-refractivity contribution in [1.29, 1.82) is 0 Å². The van der Waals surface area contributed by atoms with Gasteiger partial charge in [-0.25, -0.2) is 0 Å². The molecule has 0 bridgehead atoms. The predicted octanol–water partition coefficient (Wildman–Crippen LogP) is 6.02. The SMILES string of the molecule is C=C/C=C\C(=C)C(CC(C)(C)C(C)CC)C(C)C. The Morgan fingerprint density at radius 3 is 2.17 bits per heavy atom. The first-order chi connectivity index (χ1) is 8.26. The minimum Gasteiger partial charge on any atom is -0.0991 e. The molecular formula is C18H32. The quantitative estimate of drug-likeness (QED) is 0.461. The lowest BCUT2D eigenvalue weighted by Gasteiger charge is -2.36. The van der Waals surface area contributed by atoms with Gasteiger partial charge in [0, 0.05) is 0 Å². The van der Waals surface area contributed by atoms with Crippen LogP contribution >= 0.6 is 0 Å². The van der Waals surface area contributed by atoms with Crippen molar-refractivity contribution in [3.63, 3.8) is 0 Å². The van der Waals surface area contributed by atoms with Crippen LogP contribution in [0, 0.1) is 23.2 Å². The van der Waals surface area contributed by atoms with Crippen molar-refractivity contribution >= 4 is 0 Å². The summed E-state index contributed by atoms with van der Waals surface area (Å²) in [6.45, 7) is 22.0. The summed E-state index contributed by atoms with van der Waals surface area (Å²) in [6.07, 6.45) is 8.38. The fourth-order valence-corrected chi connectivity index (χ4v) is 2.43. The Morgan fingerprint density at radius 1 is 1.22 bits per heavy atom. The maximum Gasteiger partial charge on any atom is -0.0140 e. The van der Waals surface area contributed by atoms with Crippen LogP contribution in [-0.2, 0) is 0 Å². The third-order valence-electron chi connectivity index (χ3n) is 4.42. The number of allylic oxidation sites excluding steroid dienone is 4. The first kappa shape index (κ1) is 17.2. The molecule has 0 rings (SSSR count). The number of rotatable bonds is 8. The highest BCUT2D eigenvalue weighted by atomic mass is 14.3. The summed E-state index contributed by atoms with van der Waals surface area (Å²) in [5.41, 5.74) is 1.61. The van der Waals surface area contributed by atoms with Crippen LogP contribution in [0.3, 0.4) is 0 Å². The van der Waals surface area contributed by atoms with Crippen molar-refractivity contribution in [2.75, 3.05) is 0 Å². The summed E-state index contributed by atoms with van der Waals surface area (Å²) in [6, 6.07) is 0. The maximum atomic E-state index is 4.25. The molecule has 0 aliphatic carbocycles. The summed E-state index contributed by atoms with van der Waals surface area (Å²) in [5, 5.41) is 0. The molecule has 0 saturated carbocycles. The van der Waals surface area contributed by atoms with Gasteiger partial charge < -0.3 is 0 Å². The average Bonchev–Trinajstić information content (AvgIpc) is 2.31. The molecule has 0 aromatic heterocycles. The van der Waals surface area contributed by atoms with Gasteiger partial charge in [0.25, 0.3) is 0 Å². The van der Waals surface area contributed by atoms with Crippen molar-refractivity contribution < 1.29 is 0 Å². The second kappa shape index (κ2) is 7.61. The van der Waals surface area contributed by atoms with Crippen molar-refractivity contribution in [2.24, 2.45) is 23.2 Å². The van der Waals surface area contributed by atoms with E-state index in [2.05, 4.69) is 60.8 Å². The Hall–Kier alpha value is -0.780. The third-order valence-corrected chi connectivity index (χ3v) is 4.42. The highest BCUT2D eigenvalue weighted by molar-refractivity contribution is 5.21.